The maximum atomic E-state index is 12.3. The summed E-state index contributed by atoms with van der Waals surface area (Å²) < 4.78 is 0. The molecule has 0 heterocycles. The molecule has 3 unspecified atom stereocenters. The summed E-state index contributed by atoms with van der Waals surface area (Å²) in [6, 6.07) is -0.772. The minimum Gasteiger partial charge on any atom is -0.394 e. The van der Waals surface area contributed by atoms with E-state index in [9.17, 15) is 20.1 Å². The van der Waals surface area contributed by atoms with Crippen molar-refractivity contribution in [2.45, 2.75) is 199 Å². The lowest BCUT2D eigenvalue weighted by Crippen LogP contribution is -2.45. The number of nitrogens with one attached hydrogen (secondary N) is 1. The topological polar surface area (TPSA) is 89.8 Å². The normalized spacial score (nSPS) is 14.3. The van der Waals surface area contributed by atoms with Gasteiger partial charge in [-0.05, 0) is 64.2 Å². The number of amides is 1. The number of rotatable bonds is 34. The quantitative estimate of drug-likeness (QED) is 0.0414. The minimum atomic E-state index is -0.963. The zero-order valence-electron chi connectivity index (χ0n) is 30.2. The first-order valence-corrected chi connectivity index (χ1v) is 19.4. The van der Waals surface area contributed by atoms with E-state index < -0.39 is 18.2 Å². The molecule has 0 bridgehead atoms. The zero-order valence-corrected chi connectivity index (χ0v) is 30.2. The van der Waals surface area contributed by atoms with Crippen molar-refractivity contribution in [3.8, 4) is 0 Å². The Bertz CT molecular complexity index is 760. The van der Waals surface area contributed by atoms with Crippen LogP contribution in [0.4, 0.5) is 0 Å². The van der Waals surface area contributed by atoms with Gasteiger partial charge >= 0.3 is 0 Å². The van der Waals surface area contributed by atoms with Gasteiger partial charge in [0.05, 0.1) is 31.3 Å². The van der Waals surface area contributed by atoms with Crippen LogP contribution in [0.5, 0.6) is 0 Å². The second-order valence-corrected chi connectivity index (χ2v) is 13.2. The highest BCUT2D eigenvalue weighted by Gasteiger charge is 2.20. The van der Waals surface area contributed by atoms with Gasteiger partial charge in [-0.1, -0.05) is 159 Å². The van der Waals surface area contributed by atoms with Crippen molar-refractivity contribution in [1.82, 2.24) is 5.32 Å². The van der Waals surface area contributed by atoms with Crippen LogP contribution in [0.2, 0.25) is 0 Å². The number of carbonyl (C=O) groups excluding carboxylic acids is 1. The van der Waals surface area contributed by atoms with Crippen LogP contribution in [0, 0.1) is 0 Å². The summed E-state index contributed by atoms with van der Waals surface area (Å²) in [5, 5.41) is 32.9. The average molecular weight is 646 g/mol. The van der Waals surface area contributed by atoms with Gasteiger partial charge in [0.2, 0.25) is 5.91 Å². The molecule has 0 rings (SSSR count). The summed E-state index contributed by atoms with van der Waals surface area (Å²) in [7, 11) is 0. The van der Waals surface area contributed by atoms with E-state index in [1.165, 1.54) is 103 Å². The van der Waals surface area contributed by atoms with Crippen LogP contribution in [-0.2, 0) is 4.79 Å². The van der Waals surface area contributed by atoms with Crippen LogP contribution < -0.4 is 5.32 Å². The molecular weight excluding hydrogens is 570 g/mol. The number of hydrogen-bond acceptors (Lipinski definition) is 4. The number of aliphatic hydroxyl groups is 3. The molecule has 5 nitrogen and oxygen atoms in total. The number of unbranched alkanes of at least 4 members (excludes halogenated alkanes) is 19. The number of carbonyl (C=O) groups is 1. The summed E-state index contributed by atoms with van der Waals surface area (Å²) in [6.45, 7) is 4.11. The maximum Gasteiger partial charge on any atom is 0.222 e. The minimum absolute atomic E-state index is 0.0152. The molecule has 1 amide bonds. The Labute approximate surface area is 285 Å². The molecule has 0 aromatic heterocycles. The standard InChI is InChI=1S/C41H75NO4/c1-3-5-7-9-11-13-14-15-16-17-18-19-20-21-22-23-24-25-26-27-29-31-33-35-40(45)39(37-43)42-41(46)36-38(44)34-32-30-28-12-10-8-6-4-2/h10,12,22-23,26-27,33,35,38-40,43-45H,3-9,11,13-21,24-25,28-32,34,36-37H2,1-2H3,(H,42,46)/b12-10-,23-22+,27-26+,35-33+. The van der Waals surface area contributed by atoms with E-state index in [-0.39, 0.29) is 18.9 Å². The van der Waals surface area contributed by atoms with Gasteiger partial charge in [0.1, 0.15) is 0 Å². The van der Waals surface area contributed by atoms with E-state index in [2.05, 4.69) is 55.6 Å². The molecule has 0 spiro atoms. The van der Waals surface area contributed by atoms with Gasteiger partial charge in [-0.2, -0.15) is 0 Å². The Morgan fingerprint density at radius 1 is 0.543 bits per heavy atom. The summed E-state index contributed by atoms with van der Waals surface area (Å²) in [4.78, 5) is 12.3. The Morgan fingerprint density at radius 3 is 1.46 bits per heavy atom. The Morgan fingerprint density at radius 2 is 0.957 bits per heavy atom. The van der Waals surface area contributed by atoms with Crippen molar-refractivity contribution >= 4 is 5.91 Å². The summed E-state index contributed by atoms with van der Waals surface area (Å²) in [6.07, 6.45) is 45.5. The highest BCUT2D eigenvalue weighted by molar-refractivity contribution is 5.76. The fourth-order valence-corrected chi connectivity index (χ4v) is 5.53. The lowest BCUT2D eigenvalue weighted by atomic mass is 10.0. The highest BCUT2D eigenvalue weighted by Crippen LogP contribution is 2.13. The molecule has 268 valence electrons. The summed E-state index contributed by atoms with van der Waals surface area (Å²) in [5.41, 5.74) is 0. The van der Waals surface area contributed by atoms with E-state index in [0.717, 1.165) is 51.4 Å². The van der Waals surface area contributed by atoms with E-state index in [0.29, 0.717) is 6.42 Å². The molecule has 0 aliphatic carbocycles. The Kier molecular flexibility index (Phi) is 34.8. The van der Waals surface area contributed by atoms with Gasteiger partial charge in [-0.3, -0.25) is 4.79 Å². The molecule has 0 radical (unpaired) electrons. The molecule has 4 N–H and O–H groups in total. The number of hydrogen-bond donors (Lipinski definition) is 4. The molecule has 0 aromatic rings. The fraction of sp³-hybridized carbons (Fsp3) is 0.780. The smallest absolute Gasteiger partial charge is 0.222 e. The van der Waals surface area contributed by atoms with Crippen molar-refractivity contribution in [2.24, 2.45) is 0 Å². The number of allylic oxidation sites excluding steroid dienone is 7. The molecule has 0 aromatic carbocycles. The predicted octanol–water partition coefficient (Wildman–Crippen LogP) is 10.6. The van der Waals surface area contributed by atoms with Crippen molar-refractivity contribution in [2.75, 3.05) is 6.61 Å². The lowest BCUT2D eigenvalue weighted by molar-refractivity contribution is -0.124. The molecule has 0 saturated heterocycles. The molecule has 0 aliphatic rings. The second kappa shape index (κ2) is 36.2. The molecular formula is C41H75NO4. The van der Waals surface area contributed by atoms with Gasteiger partial charge < -0.3 is 20.6 Å². The Balaban J connectivity index is 3.76. The predicted molar refractivity (Wildman–Crippen MR) is 199 cm³/mol. The van der Waals surface area contributed by atoms with Gasteiger partial charge in [-0.15, -0.1) is 0 Å². The van der Waals surface area contributed by atoms with Gasteiger partial charge in [0.25, 0.3) is 0 Å². The third kappa shape index (κ3) is 32.3. The fourth-order valence-electron chi connectivity index (χ4n) is 5.53. The van der Waals surface area contributed by atoms with Crippen LogP contribution >= 0.6 is 0 Å². The third-order valence-electron chi connectivity index (χ3n) is 8.57. The molecule has 3 atom stereocenters. The van der Waals surface area contributed by atoms with E-state index in [1.807, 2.05) is 6.08 Å². The van der Waals surface area contributed by atoms with E-state index in [4.69, 9.17) is 0 Å². The van der Waals surface area contributed by atoms with Gasteiger partial charge in [-0.25, -0.2) is 0 Å². The van der Waals surface area contributed by atoms with Crippen LogP contribution in [-0.4, -0.2) is 46.1 Å². The molecule has 46 heavy (non-hydrogen) atoms. The lowest BCUT2D eigenvalue weighted by Gasteiger charge is -2.20. The van der Waals surface area contributed by atoms with Crippen molar-refractivity contribution in [3.63, 3.8) is 0 Å². The van der Waals surface area contributed by atoms with Gasteiger partial charge in [0.15, 0.2) is 0 Å². The van der Waals surface area contributed by atoms with Crippen LogP contribution in [0.25, 0.3) is 0 Å². The third-order valence-corrected chi connectivity index (χ3v) is 8.57. The first-order chi connectivity index (χ1) is 22.5. The van der Waals surface area contributed by atoms with Gasteiger partial charge in [0, 0.05) is 0 Å². The summed E-state index contributed by atoms with van der Waals surface area (Å²) >= 11 is 0. The highest BCUT2D eigenvalue weighted by atomic mass is 16.3. The van der Waals surface area contributed by atoms with Crippen LogP contribution in [0.3, 0.4) is 0 Å². The molecule has 0 fully saturated rings. The van der Waals surface area contributed by atoms with E-state index in [1.54, 1.807) is 6.08 Å². The number of aliphatic hydroxyl groups excluding tert-OH is 3. The molecule has 0 saturated carbocycles. The van der Waals surface area contributed by atoms with Crippen molar-refractivity contribution < 1.29 is 20.1 Å². The van der Waals surface area contributed by atoms with Crippen molar-refractivity contribution in [3.05, 3.63) is 48.6 Å². The van der Waals surface area contributed by atoms with Crippen molar-refractivity contribution in [1.29, 1.82) is 0 Å². The average Bonchev–Trinajstić information content (AvgIpc) is 3.05. The van der Waals surface area contributed by atoms with E-state index >= 15 is 0 Å². The monoisotopic (exact) mass is 646 g/mol. The molecule has 5 heteroatoms. The van der Waals surface area contributed by atoms with Crippen LogP contribution in [0.15, 0.2) is 48.6 Å². The zero-order chi connectivity index (χ0) is 33.8. The second-order valence-electron chi connectivity index (χ2n) is 13.2. The SMILES string of the molecule is CCCC/C=C\CCCCC(O)CC(=O)NC(CO)C(O)/C=C/CC/C=C/CC/C=C/CCCCCCCCCCCCCCC. The molecule has 0 aliphatic heterocycles. The largest absolute Gasteiger partial charge is 0.394 e. The maximum absolute atomic E-state index is 12.3. The van der Waals surface area contributed by atoms with Crippen LogP contribution in [0.1, 0.15) is 181 Å². The first kappa shape index (κ1) is 44.3. The Hall–Kier alpha value is -1.69. The summed E-state index contributed by atoms with van der Waals surface area (Å²) in [5.74, 6) is -0.347. The first-order valence-electron chi connectivity index (χ1n) is 19.4.